The summed E-state index contributed by atoms with van der Waals surface area (Å²) in [6.45, 7) is 1.66. The Morgan fingerprint density at radius 3 is 2.65 bits per heavy atom. The van der Waals surface area contributed by atoms with Crippen LogP contribution in [0.1, 0.15) is 24.8 Å². The maximum atomic E-state index is 12.3. The number of fused-ring (bicyclic) bond motifs is 2. The number of hydrogen-bond acceptors (Lipinski definition) is 3. The summed E-state index contributed by atoms with van der Waals surface area (Å²) in [6.07, 6.45) is 3.70. The molecule has 2 unspecified atom stereocenters. The first-order valence-corrected chi connectivity index (χ1v) is 8.05. The third-order valence-electron chi connectivity index (χ3n) is 4.52. The van der Waals surface area contributed by atoms with Crippen molar-refractivity contribution in [3.63, 3.8) is 0 Å². The normalized spacial score (nSPS) is 22.9. The molecule has 2 fully saturated rings. The van der Waals surface area contributed by atoms with Crippen LogP contribution in [0, 0.1) is 0 Å². The van der Waals surface area contributed by atoms with Gasteiger partial charge in [-0.2, -0.15) is 0 Å². The molecule has 2 amide bonds. The molecule has 1 aromatic carbocycles. The summed E-state index contributed by atoms with van der Waals surface area (Å²) in [6, 6.07) is 10.6. The van der Waals surface area contributed by atoms with Crippen molar-refractivity contribution < 1.29 is 9.59 Å². The number of carbonyl (C=O) groups is 2. The second kappa shape index (κ2) is 8.31. The van der Waals surface area contributed by atoms with Crippen molar-refractivity contribution in [1.29, 1.82) is 0 Å². The Bertz CT molecular complexity index is 538. The number of hydrogen-bond donors (Lipinski definition) is 2. The van der Waals surface area contributed by atoms with Crippen LogP contribution in [-0.2, 0) is 16.0 Å². The summed E-state index contributed by atoms with van der Waals surface area (Å²) in [4.78, 5) is 26.1. The summed E-state index contributed by atoms with van der Waals surface area (Å²) in [7, 11) is 0. The van der Waals surface area contributed by atoms with Gasteiger partial charge in [0.1, 0.15) is 0 Å². The van der Waals surface area contributed by atoms with E-state index in [9.17, 15) is 9.59 Å². The summed E-state index contributed by atoms with van der Waals surface area (Å²) < 4.78 is 0. The molecule has 3 rings (SSSR count). The van der Waals surface area contributed by atoms with Gasteiger partial charge in [0.25, 0.3) is 0 Å². The molecule has 5 nitrogen and oxygen atoms in total. The first-order chi connectivity index (χ1) is 10.7. The highest BCUT2D eigenvalue weighted by atomic mass is 35.5. The predicted molar refractivity (Wildman–Crippen MR) is 91.5 cm³/mol. The zero-order valence-electron chi connectivity index (χ0n) is 13.2. The van der Waals surface area contributed by atoms with E-state index in [-0.39, 0.29) is 30.8 Å². The predicted octanol–water partition coefficient (Wildman–Crippen LogP) is 1.12. The van der Waals surface area contributed by atoms with E-state index in [0.29, 0.717) is 18.5 Å². The number of nitrogens with zero attached hydrogens (tertiary/aromatic N) is 1. The highest BCUT2D eigenvalue weighted by Gasteiger charge is 2.30. The van der Waals surface area contributed by atoms with E-state index in [2.05, 4.69) is 10.6 Å². The van der Waals surface area contributed by atoms with Crippen LogP contribution in [0.25, 0.3) is 0 Å². The number of amides is 2. The lowest BCUT2D eigenvalue weighted by Gasteiger charge is -2.24. The molecule has 0 aromatic heterocycles. The van der Waals surface area contributed by atoms with Gasteiger partial charge in [0, 0.05) is 25.2 Å². The van der Waals surface area contributed by atoms with Gasteiger partial charge in [-0.05, 0) is 24.8 Å². The molecular weight excluding hydrogens is 314 g/mol. The smallest absolute Gasteiger partial charge is 0.242 e. The van der Waals surface area contributed by atoms with Gasteiger partial charge >= 0.3 is 0 Å². The molecule has 2 aliphatic rings. The molecule has 0 aliphatic carbocycles. The number of benzene rings is 1. The highest BCUT2D eigenvalue weighted by molar-refractivity contribution is 5.86. The van der Waals surface area contributed by atoms with E-state index in [0.717, 1.165) is 31.5 Å². The van der Waals surface area contributed by atoms with Crippen LogP contribution >= 0.6 is 12.4 Å². The molecule has 0 saturated carbocycles. The third-order valence-corrected chi connectivity index (χ3v) is 4.52. The van der Waals surface area contributed by atoms with Crippen LogP contribution < -0.4 is 10.6 Å². The minimum absolute atomic E-state index is 0. The Labute approximate surface area is 143 Å². The van der Waals surface area contributed by atoms with Gasteiger partial charge in [-0.15, -0.1) is 12.4 Å². The number of halogens is 1. The van der Waals surface area contributed by atoms with Gasteiger partial charge < -0.3 is 15.5 Å². The van der Waals surface area contributed by atoms with E-state index in [1.165, 1.54) is 6.42 Å². The van der Waals surface area contributed by atoms with Crippen LogP contribution in [0.5, 0.6) is 0 Å². The van der Waals surface area contributed by atoms with Crippen molar-refractivity contribution >= 4 is 24.2 Å². The van der Waals surface area contributed by atoms with Crippen LogP contribution in [0.15, 0.2) is 30.3 Å². The van der Waals surface area contributed by atoms with Crippen molar-refractivity contribution in [2.45, 2.75) is 37.8 Å². The molecule has 2 atom stereocenters. The number of nitrogens with one attached hydrogen (secondary N) is 2. The molecule has 126 valence electrons. The Morgan fingerprint density at radius 2 is 1.87 bits per heavy atom. The summed E-state index contributed by atoms with van der Waals surface area (Å²) in [5, 5.41) is 6.30. The Hall–Kier alpha value is -1.59. The maximum Gasteiger partial charge on any atom is 0.242 e. The molecule has 0 radical (unpaired) electrons. The van der Waals surface area contributed by atoms with Gasteiger partial charge in [-0.25, -0.2) is 0 Å². The van der Waals surface area contributed by atoms with Gasteiger partial charge in [0.2, 0.25) is 11.8 Å². The van der Waals surface area contributed by atoms with Crippen LogP contribution in [-0.4, -0.2) is 48.4 Å². The molecule has 2 heterocycles. The zero-order chi connectivity index (χ0) is 15.4. The SMILES string of the molecule is Cl.O=C(Cc1ccccc1)NCC(=O)N1CCC2CCC(C1)N2. The topological polar surface area (TPSA) is 61.4 Å². The van der Waals surface area contributed by atoms with Crippen molar-refractivity contribution in [1.82, 2.24) is 15.5 Å². The van der Waals surface area contributed by atoms with Crippen molar-refractivity contribution in [3.8, 4) is 0 Å². The van der Waals surface area contributed by atoms with Crippen LogP contribution in [0.4, 0.5) is 0 Å². The van der Waals surface area contributed by atoms with Crippen molar-refractivity contribution in [2.75, 3.05) is 19.6 Å². The van der Waals surface area contributed by atoms with Crippen LogP contribution in [0.2, 0.25) is 0 Å². The lowest BCUT2D eigenvalue weighted by molar-refractivity contribution is -0.132. The zero-order valence-corrected chi connectivity index (χ0v) is 14.0. The Morgan fingerprint density at radius 1 is 1.13 bits per heavy atom. The third kappa shape index (κ3) is 4.94. The molecule has 2 bridgehead atoms. The molecule has 23 heavy (non-hydrogen) atoms. The van der Waals surface area contributed by atoms with Crippen molar-refractivity contribution in [2.24, 2.45) is 0 Å². The fraction of sp³-hybridized carbons (Fsp3) is 0.529. The Balaban J connectivity index is 0.00000192. The summed E-state index contributed by atoms with van der Waals surface area (Å²) in [5.41, 5.74) is 0.962. The Kier molecular flexibility index (Phi) is 6.42. The first kappa shape index (κ1) is 17.8. The fourth-order valence-electron chi connectivity index (χ4n) is 3.30. The first-order valence-electron chi connectivity index (χ1n) is 8.05. The molecule has 2 aliphatic heterocycles. The molecular formula is C17H24ClN3O2. The average molecular weight is 338 g/mol. The van der Waals surface area contributed by atoms with E-state index in [1.54, 1.807) is 0 Å². The van der Waals surface area contributed by atoms with Gasteiger partial charge in [0.15, 0.2) is 0 Å². The quantitative estimate of drug-likeness (QED) is 0.865. The monoisotopic (exact) mass is 337 g/mol. The minimum Gasteiger partial charge on any atom is -0.347 e. The standard InChI is InChI=1S/C17H23N3O2.ClH/c21-16(10-13-4-2-1-3-5-13)18-11-17(22)20-9-8-14-6-7-15(12-20)19-14;/h1-5,14-15,19H,6-12H2,(H,18,21);1H. The van der Waals surface area contributed by atoms with Gasteiger partial charge in [0.05, 0.1) is 13.0 Å². The molecule has 6 heteroatoms. The fourth-order valence-corrected chi connectivity index (χ4v) is 3.30. The second-order valence-corrected chi connectivity index (χ2v) is 6.21. The molecule has 1 aromatic rings. The van der Waals surface area contributed by atoms with E-state index >= 15 is 0 Å². The molecule has 2 saturated heterocycles. The van der Waals surface area contributed by atoms with Crippen molar-refractivity contribution in [3.05, 3.63) is 35.9 Å². The molecule has 0 spiro atoms. The van der Waals surface area contributed by atoms with E-state index in [1.807, 2.05) is 35.2 Å². The average Bonchev–Trinajstić information content (AvgIpc) is 2.85. The largest absolute Gasteiger partial charge is 0.347 e. The highest BCUT2D eigenvalue weighted by Crippen LogP contribution is 2.20. The van der Waals surface area contributed by atoms with Crippen LogP contribution in [0.3, 0.4) is 0 Å². The van der Waals surface area contributed by atoms with E-state index in [4.69, 9.17) is 0 Å². The second-order valence-electron chi connectivity index (χ2n) is 6.21. The maximum absolute atomic E-state index is 12.3. The number of likely N-dealkylation sites (tertiary alicyclic amines) is 1. The molecule has 2 N–H and O–H groups in total. The van der Waals surface area contributed by atoms with Gasteiger partial charge in [-0.3, -0.25) is 9.59 Å². The summed E-state index contributed by atoms with van der Waals surface area (Å²) >= 11 is 0. The lowest BCUT2D eigenvalue weighted by atomic mass is 10.1. The van der Waals surface area contributed by atoms with Gasteiger partial charge in [-0.1, -0.05) is 30.3 Å². The van der Waals surface area contributed by atoms with E-state index < -0.39 is 0 Å². The summed E-state index contributed by atoms with van der Waals surface area (Å²) in [5.74, 6) is -0.0789. The number of rotatable bonds is 4. The number of carbonyl (C=O) groups excluding carboxylic acids is 2. The minimum atomic E-state index is -0.103. The lowest BCUT2D eigenvalue weighted by Crippen LogP contribution is -2.44.